The van der Waals surface area contributed by atoms with Crippen LogP contribution >= 0.6 is 7.59 Å². The van der Waals surface area contributed by atoms with Gasteiger partial charge < -0.3 is 0 Å². The summed E-state index contributed by atoms with van der Waals surface area (Å²) in [6.45, 7) is 13.3. The summed E-state index contributed by atoms with van der Waals surface area (Å²) < 4.78 is 12.0. The van der Waals surface area contributed by atoms with E-state index in [2.05, 4.69) is 46.6 Å². The highest BCUT2D eigenvalue weighted by molar-refractivity contribution is 7.56. The number of hydrogen-bond donors (Lipinski definition) is 3. The third-order valence-corrected chi connectivity index (χ3v) is 4.52. The minimum Gasteiger partial charge on any atom is -0.271 e. The molecule has 0 aliphatic carbocycles. The largest absolute Gasteiger partial charge is 0.274 e. The summed E-state index contributed by atoms with van der Waals surface area (Å²) in [7, 11) is -3.22. The van der Waals surface area contributed by atoms with Crippen LogP contribution in [0.15, 0.2) is 0 Å². The van der Waals surface area contributed by atoms with E-state index in [1.54, 1.807) is 0 Å². The summed E-state index contributed by atoms with van der Waals surface area (Å²) >= 11 is 0. The van der Waals surface area contributed by atoms with E-state index in [-0.39, 0.29) is 5.54 Å². The SMILES string of the molecule is CC(C)CCCCC(CC(C)C)(CC(C)C)NP(N)(N)=O. The van der Waals surface area contributed by atoms with E-state index < -0.39 is 7.59 Å². The quantitative estimate of drug-likeness (QED) is 0.382. The van der Waals surface area contributed by atoms with Crippen molar-refractivity contribution in [3.63, 3.8) is 0 Å². The molecule has 0 aliphatic rings. The van der Waals surface area contributed by atoms with Crippen LogP contribution in [0.1, 0.15) is 80.1 Å². The molecule has 0 aliphatic heterocycles. The normalized spacial score (nSPS) is 13.7. The molecule has 0 rings (SSSR count). The first-order valence-corrected chi connectivity index (χ1v) is 10.3. The lowest BCUT2D eigenvalue weighted by Crippen LogP contribution is -2.48. The molecule has 0 aromatic carbocycles. The lowest BCUT2D eigenvalue weighted by Gasteiger charge is -2.39. The molecule has 0 saturated carbocycles. The van der Waals surface area contributed by atoms with E-state index in [1.807, 2.05) is 0 Å². The third-order valence-electron chi connectivity index (χ3n) is 3.70. The second-order valence-corrected chi connectivity index (χ2v) is 9.58. The van der Waals surface area contributed by atoms with Crippen LogP contribution in [0.25, 0.3) is 0 Å². The average Bonchev–Trinajstić information content (AvgIpc) is 2.19. The minimum absolute atomic E-state index is 0.196. The van der Waals surface area contributed by atoms with Crippen molar-refractivity contribution in [2.75, 3.05) is 0 Å². The number of hydrogen-bond acceptors (Lipinski definition) is 1. The maximum atomic E-state index is 12.0. The van der Waals surface area contributed by atoms with Crippen molar-refractivity contribution in [3.05, 3.63) is 0 Å². The van der Waals surface area contributed by atoms with Crippen LogP contribution in [0.3, 0.4) is 0 Å². The van der Waals surface area contributed by atoms with Crippen molar-refractivity contribution in [2.45, 2.75) is 85.6 Å². The highest BCUT2D eigenvalue weighted by atomic mass is 31.2. The van der Waals surface area contributed by atoms with Gasteiger partial charge in [-0.25, -0.2) is 5.09 Å². The van der Waals surface area contributed by atoms with Gasteiger partial charge in [-0.1, -0.05) is 60.8 Å². The fourth-order valence-corrected chi connectivity index (χ4v) is 4.42. The van der Waals surface area contributed by atoms with Crippen molar-refractivity contribution in [2.24, 2.45) is 28.8 Å². The number of nitrogens with one attached hydrogen (secondary N) is 1. The summed E-state index contributed by atoms with van der Waals surface area (Å²) in [5.74, 6) is 1.78. The Balaban J connectivity index is 4.93. The molecule has 0 amide bonds. The summed E-state index contributed by atoms with van der Waals surface area (Å²) in [4.78, 5) is 0. The van der Waals surface area contributed by atoms with Crippen LogP contribution in [0.4, 0.5) is 0 Å². The highest BCUT2D eigenvalue weighted by Gasteiger charge is 2.35. The maximum absolute atomic E-state index is 12.0. The molecule has 4 nitrogen and oxygen atoms in total. The van der Waals surface area contributed by atoms with Crippen molar-refractivity contribution in [1.29, 1.82) is 0 Å². The van der Waals surface area contributed by atoms with Crippen molar-refractivity contribution < 1.29 is 4.57 Å². The average molecular weight is 319 g/mol. The fourth-order valence-electron chi connectivity index (χ4n) is 3.38. The molecule has 0 spiro atoms. The Bertz CT molecular complexity index is 313. The van der Waals surface area contributed by atoms with Crippen LogP contribution in [0.5, 0.6) is 0 Å². The molecule has 0 atom stereocenters. The molecule has 0 fully saturated rings. The summed E-state index contributed by atoms with van der Waals surface area (Å²) in [6.07, 6.45) is 6.49. The zero-order valence-corrected chi connectivity index (χ0v) is 15.9. The Hall–Kier alpha value is 0.110. The first kappa shape index (κ1) is 21.1. The predicted octanol–water partition coefficient (Wildman–Crippen LogP) is 4.65. The van der Waals surface area contributed by atoms with E-state index in [9.17, 15) is 4.57 Å². The molecule has 0 saturated heterocycles. The molecule has 0 aromatic heterocycles. The van der Waals surface area contributed by atoms with E-state index in [0.29, 0.717) is 11.8 Å². The number of unbranched alkanes of at least 4 members (excludes halogenated alkanes) is 1. The Labute approximate surface area is 132 Å². The smallest absolute Gasteiger partial charge is 0.271 e. The Kier molecular flexibility index (Phi) is 9.34. The zero-order chi connectivity index (χ0) is 16.7. The zero-order valence-electron chi connectivity index (χ0n) is 15.0. The van der Waals surface area contributed by atoms with Gasteiger partial charge >= 0.3 is 0 Å². The number of nitrogens with two attached hydrogens (primary N) is 2. The molecule has 5 heteroatoms. The van der Waals surface area contributed by atoms with Gasteiger partial charge in [-0.15, -0.1) is 0 Å². The van der Waals surface area contributed by atoms with Gasteiger partial charge in [0.1, 0.15) is 0 Å². The second-order valence-electron chi connectivity index (χ2n) is 7.94. The van der Waals surface area contributed by atoms with Crippen LogP contribution in [-0.4, -0.2) is 5.54 Å². The molecular weight excluding hydrogens is 281 g/mol. The standard InChI is InChI=1S/C16H38N3OP/c1-13(2)9-7-8-10-16(11-14(3)4,12-15(5)6)19-21(17,18)20/h13-15H,7-12H2,1-6H3,(H5,17,18,19,20). The van der Waals surface area contributed by atoms with Gasteiger partial charge in [0.05, 0.1) is 0 Å². The fraction of sp³-hybridized carbons (Fsp3) is 1.00. The Morgan fingerprint density at radius 1 is 0.905 bits per heavy atom. The monoisotopic (exact) mass is 319 g/mol. The summed E-state index contributed by atoms with van der Waals surface area (Å²) in [6, 6.07) is 0. The summed E-state index contributed by atoms with van der Waals surface area (Å²) in [5.41, 5.74) is 11.1. The molecule has 21 heavy (non-hydrogen) atoms. The molecule has 5 N–H and O–H groups in total. The first-order chi connectivity index (χ1) is 9.46. The van der Waals surface area contributed by atoms with Crippen LogP contribution in [-0.2, 0) is 4.57 Å². The molecule has 0 aromatic rings. The Morgan fingerprint density at radius 3 is 1.71 bits per heavy atom. The maximum Gasteiger partial charge on any atom is 0.274 e. The van der Waals surface area contributed by atoms with Gasteiger partial charge in [0.2, 0.25) is 0 Å². The first-order valence-electron chi connectivity index (χ1n) is 8.42. The molecule has 0 heterocycles. The predicted molar refractivity (Wildman–Crippen MR) is 94.1 cm³/mol. The van der Waals surface area contributed by atoms with Gasteiger partial charge in [-0.3, -0.25) is 15.6 Å². The van der Waals surface area contributed by atoms with Gasteiger partial charge in [0.25, 0.3) is 7.59 Å². The number of rotatable bonds is 11. The molecule has 0 bridgehead atoms. The second kappa shape index (κ2) is 9.29. The van der Waals surface area contributed by atoms with E-state index in [1.165, 1.54) is 12.8 Å². The molecule has 128 valence electrons. The van der Waals surface area contributed by atoms with E-state index in [0.717, 1.165) is 31.6 Å². The van der Waals surface area contributed by atoms with Gasteiger partial charge in [-0.05, 0) is 37.0 Å². The topological polar surface area (TPSA) is 81.1 Å². The van der Waals surface area contributed by atoms with E-state index in [4.69, 9.17) is 11.0 Å². The van der Waals surface area contributed by atoms with Crippen molar-refractivity contribution in [3.8, 4) is 0 Å². The van der Waals surface area contributed by atoms with Crippen LogP contribution in [0.2, 0.25) is 0 Å². The van der Waals surface area contributed by atoms with Crippen LogP contribution < -0.4 is 16.1 Å². The van der Waals surface area contributed by atoms with Crippen molar-refractivity contribution >= 4 is 7.59 Å². The minimum atomic E-state index is -3.22. The lowest BCUT2D eigenvalue weighted by molar-refractivity contribution is 0.233. The van der Waals surface area contributed by atoms with Gasteiger partial charge in [0.15, 0.2) is 0 Å². The molecular formula is C16H38N3OP. The lowest BCUT2D eigenvalue weighted by atomic mass is 9.79. The van der Waals surface area contributed by atoms with Gasteiger partial charge in [-0.2, -0.15) is 0 Å². The molecule has 0 radical (unpaired) electrons. The summed E-state index contributed by atoms with van der Waals surface area (Å²) in [5, 5.41) is 3.13. The van der Waals surface area contributed by atoms with Crippen molar-refractivity contribution in [1.82, 2.24) is 5.09 Å². The third kappa shape index (κ3) is 11.3. The van der Waals surface area contributed by atoms with Gasteiger partial charge in [0, 0.05) is 5.54 Å². The Morgan fingerprint density at radius 2 is 1.38 bits per heavy atom. The van der Waals surface area contributed by atoms with E-state index >= 15 is 0 Å². The van der Waals surface area contributed by atoms with Crippen LogP contribution in [0, 0.1) is 17.8 Å². The molecule has 0 unspecified atom stereocenters. The highest BCUT2D eigenvalue weighted by Crippen LogP contribution is 2.37.